The molecule has 1 N–H and O–H groups in total. The largest absolute Gasteiger partial charge is 0.454 e. The molecule has 0 spiro atoms. The first-order valence-corrected chi connectivity index (χ1v) is 7.42. The Bertz CT molecular complexity index is 1030. The van der Waals surface area contributed by atoms with Crippen LogP contribution >= 0.6 is 11.6 Å². The molecule has 0 fully saturated rings. The first kappa shape index (κ1) is 14.6. The van der Waals surface area contributed by atoms with Crippen molar-refractivity contribution >= 4 is 34.2 Å². The highest BCUT2D eigenvalue weighted by molar-refractivity contribution is 6.31. The van der Waals surface area contributed by atoms with Crippen LogP contribution in [0.4, 0.5) is 5.69 Å². The zero-order valence-corrected chi connectivity index (χ0v) is 12.9. The lowest BCUT2D eigenvalue weighted by Gasteiger charge is -2.06. The molecular formula is C17H10ClNO5. The van der Waals surface area contributed by atoms with Gasteiger partial charge in [0, 0.05) is 22.8 Å². The van der Waals surface area contributed by atoms with Crippen molar-refractivity contribution in [3.63, 3.8) is 0 Å². The highest BCUT2D eigenvalue weighted by Crippen LogP contribution is 2.34. The quantitative estimate of drug-likeness (QED) is 0.771. The number of fused-ring (bicyclic) bond motifs is 2. The Morgan fingerprint density at radius 1 is 1.04 bits per heavy atom. The number of ether oxygens (including phenoxy) is 2. The molecule has 0 atom stereocenters. The van der Waals surface area contributed by atoms with E-state index in [0.717, 1.165) is 6.07 Å². The number of rotatable bonds is 2. The Morgan fingerprint density at radius 3 is 2.75 bits per heavy atom. The molecule has 2 heterocycles. The van der Waals surface area contributed by atoms with Crippen molar-refractivity contribution in [1.29, 1.82) is 0 Å². The van der Waals surface area contributed by atoms with E-state index in [1.165, 1.54) is 6.07 Å². The molecule has 1 amide bonds. The van der Waals surface area contributed by atoms with E-state index in [9.17, 15) is 9.59 Å². The van der Waals surface area contributed by atoms with Gasteiger partial charge in [0.15, 0.2) is 22.7 Å². The van der Waals surface area contributed by atoms with E-state index in [2.05, 4.69) is 5.32 Å². The van der Waals surface area contributed by atoms with Crippen LogP contribution in [0.2, 0.25) is 5.02 Å². The van der Waals surface area contributed by atoms with Crippen molar-refractivity contribution < 1.29 is 18.7 Å². The maximum atomic E-state index is 12.3. The van der Waals surface area contributed by atoms with Crippen LogP contribution in [0.5, 0.6) is 11.5 Å². The number of halogens is 1. The SMILES string of the molecule is O=C(Nc1ccc2c(c1)OCO2)c1cc(=O)c2cc(Cl)ccc2o1. The third kappa shape index (κ3) is 2.57. The summed E-state index contributed by atoms with van der Waals surface area (Å²) in [6, 6.07) is 10.8. The Labute approximate surface area is 140 Å². The molecule has 1 aliphatic heterocycles. The van der Waals surface area contributed by atoms with E-state index in [1.54, 1.807) is 30.3 Å². The molecule has 0 unspecified atom stereocenters. The molecule has 0 aliphatic carbocycles. The lowest BCUT2D eigenvalue weighted by molar-refractivity contribution is 0.0997. The lowest BCUT2D eigenvalue weighted by Crippen LogP contribution is -2.14. The summed E-state index contributed by atoms with van der Waals surface area (Å²) in [5.41, 5.74) is 0.459. The van der Waals surface area contributed by atoms with E-state index in [0.29, 0.717) is 33.2 Å². The molecule has 0 saturated carbocycles. The molecule has 6 nitrogen and oxygen atoms in total. The van der Waals surface area contributed by atoms with E-state index >= 15 is 0 Å². The van der Waals surface area contributed by atoms with Gasteiger partial charge in [-0.05, 0) is 30.3 Å². The molecule has 1 aromatic heterocycles. The van der Waals surface area contributed by atoms with Crippen LogP contribution < -0.4 is 20.2 Å². The predicted octanol–water partition coefficient (Wildman–Crippen LogP) is 3.43. The fraction of sp³-hybridized carbons (Fsp3) is 0.0588. The van der Waals surface area contributed by atoms with Crippen molar-refractivity contribution in [2.75, 3.05) is 12.1 Å². The van der Waals surface area contributed by atoms with Crippen LogP contribution in [0.3, 0.4) is 0 Å². The number of anilines is 1. The van der Waals surface area contributed by atoms with Crippen LogP contribution in [0.1, 0.15) is 10.6 Å². The maximum absolute atomic E-state index is 12.3. The summed E-state index contributed by atoms with van der Waals surface area (Å²) in [5, 5.41) is 3.40. The molecule has 0 bridgehead atoms. The van der Waals surface area contributed by atoms with Crippen molar-refractivity contribution in [3.05, 3.63) is 63.5 Å². The molecule has 4 rings (SSSR count). The van der Waals surface area contributed by atoms with Crippen molar-refractivity contribution in [2.45, 2.75) is 0 Å². The second-order valence-corrected chi connectivity index (χ2v) is 5.57. The number of amides is 1. The van der Waals surface area contributed by atoms with Gasteiger partial charge < -0.3 is 19.2 Å². The minimum Gasteiger partial charge on any atom is -0.454 e. The molecule has 3 aromatic rings. The second-order valence-electron chi connectivity index (χ2n) is 5.14. The summed E-state index contributed by atoms with van der Waals surface area (Å²) >= 11 is 5.86. The number of nitrogens with one attached hydrogen (secondary N) is 1. The zero-order valence-electron chi connectivity index (χ0n) is 12.2. The zero-order chi connectivity index (χ0) is 16.7. The van der Waals surface area contributed by atoms with Gasteiger partial charge in [0.2, 0.25) is 6.79 Å². The summed E-state index contributed by atoms with van der Waals surface area (Å²) < 4.78 is 16.0. The van der Waals surface area contributed by atoms with Gasteiger partial charge in [-0.1, -0.05) is 11.6 Å². The molecule has 120 valence electrons. The minimum absolute atomic E-state index is 0.0903. The average molecular weight is 344 g/mol. The van der Waals surface area contributed by atoms with Crippen molar-refractivity contribution in [3.8, 4) is 11.5 Å². The van der Waals surface area contributed by atoms with E-state index < -0.39 is 5.91 Å². The van der Waals surface area contributed by atoms with Crippen LogP contribution in [0.15, 0.2) is 51.7 Å². The van der Waals surface area contributed by atoms with Gasteiger partial charge in [-0.2, -0.15) is 0 Å². The topological polar surface area (TPSA) is 77.8 Å². The number of hydrogen-bond donors (Lipinski definition) is 1. The second kappa shape index (κ2) is 5.58. The Kier molecular flexibility index (Phi) is 3.39. The smallest absolute Gasteiger partial charge is 0.291 e. The average Bonchev–Trinajstić information content (AvgIpc) is 3.03. The maximum Gasteiger partial charge on any atom is 0.291 e. The lowest BCUT2D eigenvalue weighted by atomic mass is 10.2. The van der Waals surface area contributed by atoms with Crippen LogP contribution in [-0.4, -0.2) is 12.7 Å². The van der Waals surface area contributed by atoms with Crippen LogP contribution in [0.25, 0.3) is 11.0 Å². The molecule has 1 aliphatic rings. The highest BCUT2D eigenvalue weighted by Gasteiger charge is 2.16. The highest BCUT2D eigenvalue weighted by atomic mass is 35.5. The molecule has 7 heteroatoms. The summed E-state index contributed by atoms with van der Waals surface area (Å²) in [6.07, 6.45) is 0. The van der Waals surface area contributed by atoms with Gasteiger partial charge in [-0.25, -0.2) is 0 Å². The van der Waals surface area contributed by atoms with E-state index in [4.69, 9.17) is 25.5 Å². The third-order valence-electron chi connectivity index (χ3n) is 3.54. The predicted molar refractivity (Wildman–Crippen MR) is 88.0 cm³/mol. The van der Waals surface area contributed by atoms with E-state index in [-0.39, 0.29) is 18.0 Å². The van der Waals surface area contributed by atoms with Gasteiger partial charge in [-0.3, -0.25) is 9.59 Å². The minimum atomic E-state index is -0.539. The normalized spacial score (nSPS) is 12.4. The Hall–Kier alpha value is -2.99. The molecule has 0 saturated heterocycles. The van der Waals surface area contributed by atoms with Gasteiger partial charge in [0.05, 0.1) is 5.39 Å². The van der Waals surface area contributed by atoms with Gasteiger partial charge >= 0.3 is 0 Å². The monoisotopic (exact) mass is 343 g/mol. The summed E-state index contributed by atoms with van der Waals surface area (Å²) in [5.74, 6) is 0.528. The number of carbonyl (C=O) groups excluding carboxylic acids is 1. The first-order valence-electron chi connectivity index (χ1n) is 7.04. The fourth-order valence-corrected chi connectivity index (χ4v) is 2.58. The number of hydrogen-bond acceptors (Lipinski definition) is 5. The molecule has 0 radical (unpaired) electrons. The van der Waals surface area contributed by atoms with E-state index in [1.807, 2.05) is 0 Å². The summed E-state index contributed by atoms with van der Waals surface area (Å²) in [6.45, 7) is 0.148. The first-order chi connectivity index (χ1) is 11.6. The van der Waals surface area contributed by atoms with Gasteiger partial charge in [0.25, 0.3) is 5.91 Å². The fourth-order valence-electron chi connectivity index (χ4n) is 2.41. The summed E-state index contributed by atoms with van der Waals surface area (Å²) in [4.78, 5) is 24.5. The Balaban J connectivity index is 1.66. The third-order valence-corrected chi connectivity index (χ3v) is 3.78. The Morgan fingerprint density at radius 2 is 1.88 bits per heavy atom. The standard InChI is InChI=1S/C17H10ClNO5/c18-9-1-3-13-11(5-9)12(20)7-16(24-13)17(21)19-10-2-4-14-15(6-10)23-8-22-14/h1-7H,8H2,(H,19,21). The molecule has 2 aromatic carbocycles. The molecular weight excluding hydrogens is 334 g/mol. The van der Waals surface area contributed by atoms with Crippen molar-refractivity contribution in [2.24, 2.45) is 0 Å². The van der Waals surface area contributed by atoms with Gasteiger partial charge in [-0.15, -0.1) is 0 Å². The van der Waals surface area contributed by atoms with Crippen molar-refractivity contribution in [1.82, 2.24) is 0 Å². The van der Waals surface area contributed by atoms with Crippen LogP contribution in [-0.2, 0) is 0 Å². The molecule has 24 heavy (non-hydrogen) atoms. The van der Waals surface area contributed by atoms with Crippen LogP contribution in [0, 0.1) is 0 Å². The van der Waals surface area contributed by atoms with Gasteiger partial charge in [0.1, 0.15) is 5.58 Å². The number of benzene rings is 2. The number of carbonyl (C=O) groups is 1. The summed E-state index contributed by atoms with van der Waals surface area (Å²) in [7, 11) is 0.